The Morgan fingerprint density at radius 1 is 1.30 bits per heavy atom. The van der Waals surface area contributed by atoms with Gasteiger partial charge in [0.15, 0.2) is 17.9 Å². The molecule has 1 aromatic carbocycles. The number of ether oxygens (including phenoxy) is 1. The number of benzene rings is 1. The van der Waals surface area contributed by atoms with Crippen LogP contribution in [0.15, 0.2) is 47.2 Å². The van der Waals surface area contributed by atoms with Crippen LogP contribution < -0.4 is 26.2 Å². The van der Waals surface area contributed by atoms with Crippen molar-refractivity contribution in [1.82, 2.24) is 39.9 Å². The third kappa shape index (κ3) is 7.11. The SMILES string of the molecule is C[C@H]1[C@H](NC(=O)C(=NOC(COc2ccc(-c3cn(CCCN)[n+](C)c3)cc2)c2nn[nH]n2)c2csc(N)n2)C(=O)N1S(=O)(=O)O. The first kappa shape index (κ1) is 32.4. The number of nitrogen functional groups attached to an aromatic ring is 1. The third-order valence-corrected chi connectivity index (χ3v) is 8.65. The van der Waals surface area contributed by atoms with E-state index in [-0.39, 0.29) is 33.3 Å². The van der Waals surface area contributed by atoms with Crippen molar-refractivity contribution in [3.63, 3.8) is 0 Å². The predicted octanol–water partition coefficient (Wildman–Crippen LogP) is -1.06. The molecule has 2 amide bonds. The molecule has 0 saturated carbocycles. The topological polar surface area (TPSA) is 263 Å². The molecule has 0 aliphatic carbocycles. The van der Waals surface area contributed by atoms with Gasteiger partial charge in [-0.3, -0.25) is 14.1 Å². The lowest BCUT2D eigenvalue weighted by molar-refractivity contribution is -0.753. The summed E-state index contributed by atoms with van der Waals surface area (Å²) < 4.78 is 42.4. The van der Waals surface area contributed by atoms with Gasteiger partial charge in [0.25, 0.3) is 11.8 Å². The van der Waals surface area contributed by atoms with Gasteiger partial charge in [-0.25, -0.2) is 9.29 Å². The van der Waals surface area contributed by atoms with E-state index < -0.39 is 40.3 Å². The second kappa shape index (κ2) is 13.6. The molecule has 0 bridgehead atoms. The smallest absolute Gasteiger partial charge is 0.362 e. The number of nitrogens with zero attached hydrogens (tertiary/aromatic N) is 8. The Morgan fingerprint density at radius 2 is 2.07 bits per heavy atom. The highest BCUT2D eigenvalue weighted by atomic mass is 32.2. The van der Waals surface area contributed by atoms with Crippen LogP contribution >= 0.6 is 11.3 Å². The number of β-lactam (4-membered cyclic amide) rings is 1. The average molecular weight is 676 g/mol. The van der Waals surface area contributed by atoms with E-state index in [0.29, 0.717) is 12.3 Å². The molecule has 244 valence electrons. The highest BCUT2D eigenvalue weighted by Crippen LogP contribution is 2.25. The summed E-state index contributed by atoms with van der Waals surface area (Å²) in [4.78, 5) is 35.3. The number of oxime groups is 1. The van der Waals surface area contributed by atoms with E-state index >= 15 is 0 Å². The lowest BCUT2D eigenvalue weighted by atomic mass is 10.0. The highest BCUT2D eigenvalue weighted by Gasteiger charge is 2.51. The van der Waals surface area contributed by atoms with Gasteiger partial charge in [-0.05, 0) is 37.6 Å². The molecule has 0 spiro atoms. The zero-order chi connectivity index (χ0) is 33.0. The first-order valence-corrected chi connectivity index (χ1v) is 16.0. The number of carbonyl (C=O) groups excluding carboxylic acids is 2. The molecule has 19 nitrogen and oxygen atoms in total. The lowest BCUT2D eigenvalue weighted by Crippen LogP contribution is -2.71. The zero-order valence-electron chi connectivity index (χ0n) is 24.5. The summed E-state index contributed by atoms with van der Waals surface area (Å²) in [7, 11) is -2.83. The van der Waals surface area contributed by atoms with Crippen LogP contribution in [0.4, 0.5) is 5.13 Å². The predicted molar refractivity (Wildman–Crippen MR) is 161 cm³/mol. The van der Waals surface area contributed by atoms with E-state index in [0.717, 1.165) is 35.4 Å². The van der Waals surface area contributed by atoms with Crippen LogP contribution in [0.1, 0.15) is 31.0 Å². The lowest BCUT2D eigenvalue weighted by Gasteiger charge is -2.42. The molecule has 5 rings (SSSR count). The Bertz CT molecular complexity index is 1820. The van der Waals surface area contributed by atoms with Gasteiger partial charge in [-0.15, -0.1) is 26.2 Å². The normalized spacial score (nSPS) is 17.4. The number of hydrogen-bond donors (Lipinski definition) is 5. The summed E-state index contributed by atoms with van der Waals surface area (Å²) in [5.41, 5.74) is 13.0. The number of rotatable bonds is 14. The second-order valence-electron chi connectivity index (χ2n) is 10.1. The van der Waals surface area contributed by atoms with Crippen LogP contribution in [-0.4, -0.2) is 90.3 Å². The molecule has 1 fully saturated rings. The first-order chi connectivity index (χ1) is 22.0. The number of aromatic nitrogens is 7. The number of nitrogens with one attached hydrogen (secondary N) is 2. The Morgan fingerprint density at radius 3 is 2.67 bits per heavy atom. The molecular formula is C25H31N12O7S2+. The summed E-state index contributed by atoms with van der Waals surface area (Å²) in [6.07, 6.45) is 3.86. The second-order valence-corrected chi connectivity index (χ2v) is 12.3. The summed E-state index contributed by atoms with van der Waals surface area (Å²) in [5.74, 6) is -1.37. The number of tetrazole rings is 1. The van der Waals surface area contributed by atoms with Gasteiger partial charge in [0.1, 0.15) is 24.1 Å². The molecule has 1 aliphatic rings. The average Bonchev–Trinajstić information content (AvgIpc) is 3.78. The van der Waals surface area contributed by atoms with E-state index in [9.17, 15) is 22.6 Å². The van der Waals surface area contributed by atoms with Gasteiger partial charge in [-0.1, -0.05) is 22.5 Å². The monoisotopic (exact) mass is 675 g/mol. The maximum Gasteiger partial charge on any atom is 0.362 e. The third-order valence-electron chi connectivity index (χ3n) is 6.97. The van der Waals surface area contributed by atoms with Gasteiger partial charge in [0, 0.05) is 5.38 Å². The number of anilines is 1. The standard InChI is InChI=1S/C25H30N12O7S2/c1-14-20(24(39)37(14)46(40,41)42)29-23(38)21(18-13-45-25(27)28-18)32-44-19(22-30-33-34-31-22)12-43-17-6-4-15(5-7-17)16-10-35(2)36(11-16)9-3-8-26/h4-7,10-11,13-14,19-20H,3,8-9,12,26H2,1-2H3,(H4-,27,28,29,30,31,33,34,38,40,41,42)/p+1/t14-,19?,20-/m0/s1. The fourth-order valence-electron chi connectivity index (χ4n) is 4.59. The Kier molecular flexibility index (Phi) is 9.55. The number of amides is 2. The van der Waals surface area contributed by atoms with Gasteiger partial charge < -0.3 is 26.4 Å². The molecule has 1 unspecified atom stereocenters. The van der Waals surface area contributed by atoms with Gasteiger partial charge in [0.2, 0.25) is 18.1 Å². The fraction of sp³-hybridized carbons (Fsp3) is 0.360. The molecular weight excluding hydrogens is 644 g/mol. The van der Waals surface area contributed by atoms with Crippen molar-refractivity contribution in [3.8, 4) is 16.9 Å². The molecule has 3 aromatic heterocycles. The zero-order valence-corrected chi connectivity index (χ0v) is 26.2. The minimum atomic E-state index is -4.79. The van der Waals surface area contributed by atoms with Crippen LogP contribution in [0, 0.1) is 0 Å². The van der Waals surface area contributed by atoms with Crippen molar-refractivity contribution in [2.45, 2.75) is 38.1 Å². The number of aromatic amines is 1. The Hall–Kier alpha value is -4.99. The maximum atomic E-state index is 13.2. The molecule has 46 heavy (non-hydrogen) atoms. The largest absolute Gasteiger partial charge is 0.489 e. The molecule has 0 radical (unpaired) electrons. The summed E-state index contributed by atoms with van der Waals surface area (Å²) >= 11 is 1.03. The van der Waals surface area contributed by atoms with Crippen molar-refractivity contribution < 1.29 is 36.8 Å². The van der Waals surface area contributed by atoms with Crippen LogP contribution in [-0.2, 0) is 38.3 Å². The van der Waals surface area contributed by atoms with E-state index in [1.807, 2.05) is 36.3 Å². The number of hydrogen-bond acceptors (Lipinski definition) is 14. The van der Waals surface area contributed by atoms with Crippen LogP contribution in [0.3, 0.4) is 0 Å². The van der Waals surface area contributed by atoms with Crippen molar-refractivity contribution >= 4 is 44.3 Å². The summed E-state index contributed by atoms with van der Waals surface area (Å²) in [5, 5.41) is 21.7. The number of thiazole rings is 1. The number of nitrogens with two attached hydrogens (primary N) is 2. The van der Waals surface area contributed by atoms with Gasteiger partial charge in [0.05, 0.1) is 24.3 Å². The van der Waals surface area contributed by atoms with Crippen molar-refractivity contribution in [2.24, 2.45) is 17.9 Å². The van der Waals surface area contributed by atoms with Crippen LogP contribution in [0.5, 0.6) is 5.75 Å². The molecule has 21 heteroatoms. The molecule has 4 heterocycles. The van der Waals surface area contributed by atoms with Crippen molar-refractivity contribution in [3.05, 3.63) is 53.6 Å². The summed E-state index contributed by atoms with van der Waals surface area (Å²) in [6.45, 7) is 2.59. The minimum Gasteiger partial charge on any atom is -0.489 e. The van der Waals surface area contributed by atoms with Gasteiger partial charge >= 0.3 is 10.3 Å². The van der Waals surface area contributed by atoms with E-state index in [2.05, 4.69) is 40.8 Å². The minimum absolute atomic E-state index is 0.0275. The maximum absolute atomic E-state index is 13.2. The number of H-pyrrole nitrogens is 1. The highest BCUT2D eigenvalue weighted by molar-refractivity contribution is 7.84. The molecule has 1 saturated heterocycles. The number of aryl methyl sites for hydroxylation is 2. The van der Waals surface area contributed by atoms with Gasteiger partial charge in [-0.2, -0.15) is 18.3 Å². The Balaban J connectivity index is 1.30. The fourth-order valence-corrected chi connectivity index (χ4v) is 6.02. The van der Waals surface area contributed by atoms with E-state index in [1.54, 1.807) is 12.1 Å². The van der Waals surface area contributed by atoms with Crippen LogP contribution in [0.25, 0.3) is 11.1 Å². The summed E-state index contributed by atoms with van der Waals surface area (Å²) in [6, 6.07) is 5.06. The van der Waals surface area contributed by atoms with E-state index in [4.69, 9.17) is 21.0 Å². The van der Waals surface area contributed by atoms with Crippen molar-refractivity contribution in [2.75, 3.05) is 18.9 Å². The Labute approximate surface area is 266 Å². The molecule has 4 aromatic rings. The molecule has 3 atom stereocenters. The van der Waals surface area contributed by atoms with Crippen LogP contribution in [0.2, 0.25) is 0 Å². The molecule has 1 aliphatic heterocycles. The molecule has 7 N–H and O–H groups in total. The number of carbonyl (C=O) groups is 2. The quantitative estimate of drug-likeness (QED) is 0.0351. The van der Waals surface area contributed by atoms with E-state index in [1.165, 1.54) is 12.3 Å². The first-order valence-electron chi connectivity index (χ1n) is 13.8. The van der Waals surface area contributed by atoms with Crippen molar-refractivity contribution in [1.29, 1.82) is 0 Å².